The van der Waals surface area contributed by atoms with Crippen LogP contribution in [0.15, 0.2) is 72.9 Å². The monoisotopic (exact) mass is 686 g/mol. The summed E-state index contributed by atoms with van der Waals surface area (Å²) < 4.78 is 17.1. The Kier molecular flexibility index (Phi) is 29.9. The molecule has 1 N–H and O–H groups in total. The van der Waals surface area contributed by atoms with Crippen LogP contribution in [0.3, 0.4) is 0 Å². The maximum atomic E-state index is 12.6. The molecule has 0 bridgehead atoms. The number of carboxylic acids is 1. The minimum absolute atomic E-state index is 0.0359. The highest BCUT2D eigenvalue weighted by molar-refractivity contribution is 5.72. The minimum Gasteiger partial charge on any atom is -0.477 e. The molecule has 0 aromatic rings. The van der Waals surface area contributed by atoms with Gasteiger partial charge in [0.2, 0.25) is 0 Å². The SMILES string of the molecule is CC/C=C/C=C/C=C/C=C/CCCCCC(=O)OC(COCCC(C(=O)O)[N+](C)(C)C)COC(=O)CCCCCCC/C=C/C/C=C/CC. The molecule has 0 aliphatic carbocycles. The van der Waals surface area contributed by atoms with Crippen molar-refractivity contribution >= 4 is 17.9 Å². The molecule has 0 fully saturated rings. The summed E-state index contributed by atoms with van der Waals surface area (Å²) in [5.74, 6) is -1.55. The van der Waals surface area contributed by atoms with Crippen molar-refractivity contribution in [3.8, 4) is 0 Å². The van der Waals surface area contributed by atoms with E-state index in [1.54, 1.807) is 0 Å². The molecule has 8 nitrogen and oxygen atoms in total. The molecule has 278 valence electrons. The van der Waals surface area contributed by atoms with E-state index in [0.29, 0.717) is 19.3 Å². The molecule has 0 spiro atoms. The average molecular weight is 687 g/mol. The van der Waals surface area contributed by atoms with Crippen molar-refractivity contribution in [3.05, 3.63) is 72.9 Å². The third-order valence-electron chi connectivity index (χ3n) is 7.70. The fourth-order valence-corrected chi connectivity index (χ4v) is 4.84. The van der Waals surface area contributed by atoms with E-state index in [1.807, 2.05) is 57.6 Å². The summed E-state index contributed by atoms with van der Waals surface area (Å²) in [4.78, 5) is 36.7. The zero-order valence-corrected chi connectivity index (χ0v) is 31.4. The minimum atomic E-state index is -0.889. The molecule has 2 atom stereocenters. The number of aliphatic carboxylic acids is 1. The standard InChI is InChI=1S/C41H67NO7/c1-6-8-10-12-14-16-18-20-22-24-26-28-30-32-40(44)49-37(35-47-34-33-38(41(45)46)42(3,4)5)36-48-39(43)31-29-27-25-23-21-19-17-15-13-11-9-7-2/h8-12,14-18,20,22,37-38H,6-7,13,19,21,23-36H2,1-5H3/p+1/b10-8+,11-9+,14-12+,17-15+,18-16+,22-20+. The predicted octanol–water partition coefficient (Wildman–Crippen LogP) is 9.24. The number of carbonyl (C=O) groups is 3. The van der Waals surface area contributed by atoms with Crippen molar-refractivity contribution in [2.45, 2.75) is 129 Å². The first-order valence-electron chi connectivity index (χ1n) is 18.5. The molecular weight excluding hydrogens is 618 g/mol. The number of hydrogen-bond acceptors (Lipinski definition) is 6. The summed E-state index contributed by atoms with van der Waals surface area (Å²) in [6.45, 7) is 4.39. The van der Waals surface area contributed by atoms with E-state index >= 15 is 0 Å². The predicted molar refractivity (Wildman–Crippen MR) is 201 cm³/mol. The van der Waals surface area contributed by atoms with Crippen LogP contribution in [0.1, 0.15) is 117 Å². The van der Waals surface area contributed by atoms with E-state index in [4.69, 9.17) is 14.2 Å². The number of quaternary nitrogens is 1. The fraction of sp³-hybridized carbons (Fsp3) is 0.634. The van der Waals surface area contributed by atoms with Gasteiger partial charge in [0.1, 0.15) is 6.61 Å². The largest absolute Gasteiger partial charge is 0.477 e. The van der Waals surface area contributed by atoms with Gasteiger partial charge in [0.25, 0.3) is 0 Å². The Morgan fingerprint density at radius 3 is 1.84 bits per heavy atom. The summed E-state index contributed by atoms with van der Waals surface area (Å²) in [6, 6.07) is -0.626. The third-order valence-corrected chi connectivity index (χ3v) is 7.70. The van der Waals surface area contributed by atoms with E-state index in [-0.39, 0.29) is 42.7 Å². The summed E-state index contributed by atoms with van der Waals surface area (Å²) >= 11 is 0. The lowest BCUT2D eigenvalue weighted by Crippen LogP contribution is -2.50. The second kappa shape index (κ2) is 32.0. The molecule has 49 heavy (non-hydrogen) atoms. The van der Waals surface area contributed by atoms with Gasteiger partial charge < -0.3 is 23.8 Å². The van der Waals surface area contributed by atoms with Crippen molar-refractivity contribution in [1.82, 2.24) is 0 Å². The van der Waals surface area contributed by atoms with Gasteiger partial charge in [-0.3, -0.25) is 9.59 Å². The van der Waals surface area contributed by atoms with Crippen LogP contribution in [0.5, 0.6) is 0 Å². The van der Waals surface area contributed by atoms with Gasteiger partial charge in [0, 0.05) is 19.3 Å². The van der Waals surface area contributed by atoms with Gasteiger partial charge in [-0.25, -0.2) is 4.79 Å². The number of carboxylic acid groups (broad SMARTS) is 1. The Morgan fingerprint density at radius 2 is 1.18 bits per heavy atom. The van der Waals surface area contributed by atoms with Crippen molar-refractivity contribution in [2.75, 3.05) is 41.0 Å². The first kappa shape index (κ1) is 45.8. The summed E-state index contributed by atoms with van der Waals surface area (Å²) in [5, 5.41) is 9.57. The molecule has 0 rings (SSSR count). The van der Waals surface area contributed by atoms with Crippen LogP contribution in [-0.2, 0) is 28.6 Å². The highest BCUT2D eigenvalue weighted by atomic mass is 16.6. The second-order valence-electron chi connectivity index (χ2n) is 13.2. The molecular formula is C41H68NO7+. The molecule has 8 heteroatoms. The molecule has 0 aromatic carbocycles. The number of hydrogen-bond donors (Lipinski definition) is 1. The molecule has 0 saturated heterocycles. The first-order chi connectivity index (χ1) is 23.6. The molecule has 0 aliphatic heterocycles. The van der Waals surface area contributed by atoms with Gasteiger partial charge in [-0.2, -0.15) is 0 Å². The summed E-state index contributed by atoms with van der Waals surface area (Å²) in [5.41, 5.74) is 0. The normalized spacial score (nSPS) is 13.9. The van der Waals surface area contributed by atoms with Crippen molar-refractivity contribution < 1.29 is 38.2 Å². The number of likely N-dealkylation sites (N-methyl/N-ethyl adjacent to an activating group) is 1. The fourth-order valence-electron chi connectivity index (χ4n) is 4.84. The zero-order chi connectivity index (χ0) is 36.4. The third kappa shape index (κ3) is 30.6. The maximum Gasteiger partial charge on any atom is 0.362 e. The highest BCUT2D eigenvalue weighted by Crippen LogP contribution is 2.12. The highest BCUT2D eigenvalue weighted by Gasteiger charge is 2.31. The van der Waals surface area contributed by atoms with Crippen LogP contribution >= 0.6 is 0 Å². The lowest BCUT2D eigenvalue weighted by molar-refractivity contribution is -0.887. The van der Waals surface area contributed by atoms with Gasteiger partial charge in [0.05, 0.1) is 34.4 Å². The second-order valence-corrected chi connectivity index (χ2v) is 13.2. The van der Waals surface area contributed by atoms with Crippen LogP contribution in [0, 0.1) is 0 Å². The van der Waals surface area contributed by atoms with E-state index in [1.165, 1.54) is 0 Å². The Hall–Kier alpha value is -3.23. The summed E-state index contributed by atoms with van der Waals surface area (Å²) in [7, 11) is 5.48. The van der Waals surface area contributed by atoms with E-state index in [0.717, 1.165) is 77.0 Å². The Balaban J connectivity index is 4.55. The van der Waals surface area contributed by atoms with Crippen LogP contribution in [0.2, 0.25) is 0 Å². The van der Waals surface area contributed by atoms with E-state index < -0.39 is 18.1 Å². The Labute approximate surface area is 298 Å². The van der Waals surface area contributed by atoms with Gasteiger partial charge in [-0.1, -0.05) is 112 Å². The number of rotatable bonds is 31. The number of nitrogens with zero attached hydrogens (tertiary/aromatic N) is 1. The quantitative estimate of drug-likeness (QED) is 0.0255. The number of carbonyl (C=O) groups excluding carboxylic acids is 2. The first-order valence-corrected chi connectivity index (χ1v) is 18.5. The van der Waals surface area contributed by atoms with Crippen molar-refractivity contribution in [1.29, 1.82) is 0 Å². The van der Waals surface area contributed by atoms with Gasteiger partial charge >= 0.3 is 17.9 Å². The molecule has 0 radical (unpaired) electrons. The maximum absolute atomic E-state index is 12.6. The Morgan fingerprint density at radius 1 is 0.633 bits per heavy atom. The summed E-state index contributed by atoms with van der Waals surface area (Å²) in [6.07, 6.45) is 38.1. The van der Waals surface area contributed by atoms with Gasteiger partial charge in [0.15, 0.2) is 12.1 Å². The van der Waals surface area contributed by atoms with Gasteiger partial charge in [-0.15, -0.1) is 0 Å². The molecule has 0 saturated carbocycles. The molecule has 2 unspecified atom stereocenters. The van der Waals surface area contributed by atoms with Crippen LogP contribution in [0.25, 0.3) is 0 Å². The average Bonchev–Trinajstić information content (AvgIpc) is 3.05. The van der Waals surface area contributed by atoms with E-state index in [2.05, 4.69) is 50.3 Å². The lowest BCUT2D eigenvalue weighted by atomic mass is 10.1. The topological polar surface area (TPSA) is 99.1 Å². The Bertz CT molecular complexity index is 1030. The van der Waals surface area contributed by atoms with Crippen LogP contribution in [0.4, 0.5) is 0 Å². The number of ether oxygens (including phenoxy) is 3. The van der Waals surface area contributed by atoms with Gasteiger partial charge in [-0.05, 0) is 57.8 Å². The number of allylic oxidation sites excluding steroid dienone is 12. The molecule has 0 aliphatic rings. The van der Waals surface area contributed by atoms with Crippen LogP contribution < -0.4 is 0 Å². The number of esters is 2. The zero-order valence-electron chi connectivity index (χ0n) is 31.4. The smallest absolute Gasteiger partial charge is 0.362 e. The van der Waals surface area contributed by atoms with Crippen molar-refractivity contribution in [3.63, 3.8) is 0 Å². The molecule has 0 heterocycles. The molecule has 0 aromatic heterocycles. The van der Waals surface area contributed by atoms with Crippen LogP contribution in [-0.4, -0.2) is 80.6 Å². The van der Waals surface area contributed by atoms with Crippen molar-refractivity contribution in [2.24, 2.45) is 0 Å². The lowest BCUT2D eigenvalue weighted by Gasteiger charge is -2.31. The number of unbranched alkanes of at least 4 members (excludes halogenated alkanes) is 8. The van der Waals surface area contributed by atoms with E-state index in [9.17, 15) is 19.5 Å². The molecule has 0 amide bonds.